The summed E-state index contributed by atoms with van der Waals surface area (Å²) in [5, 5.41) is 0. The van der Waals surface area contributed by atoms with Gasteiger partial charge in [-0.3, -0.25) is 0 Å². The van der Waals surface area contributed by atoms with Crippen LogP contribution < -0.4 is 0 Å². The smallest absolute Gasteiger partial charge is 0.347 e. The summed E-state index contributed by atoms with van der Waals surface area (Å²) in [5.41, 5.74) is 1.22. The van der Waals surface area contributed by atoms with Gasteiger partial charge in [0.2, 0.25) is 6.08 Å². The van der Waals surface area contributed by atoms with Crippen LogP contribution in [0.3, 0.4) is 0 Å². The lowest BCUT2D eigenvalue weighted by molar-refractivity contribution is 0.0443. The van der Waals surface area contributed by atoms with Crippen molar-refractivity contribution in [3.05, 3.63) is 34.9 Å². The van der Waals surface area contributed by atoms with Crippen LogP contribution in [0.1, 0.15) is 26.3 Å². The van der Waals surface area contributed by atoms with Crippen molar-refractivity contribution < 1.29 is 19.1 Å². The molecule has 0 fully saturated rings. The second-order valence-electron chi connectivity index (χ2n) is 3.24. The number of carbonyl (C=O) groups excluding carboxylic acids is 3. The van der Waals surface area contributed by atoms with Crippen molar-refractivity contribution in [3.63, 3.8) is 0 Å². The molecule has 1 aliphatic rings. The molecule has 0 amide bonds. The first-order chi connectivity index (χ1) is 7.74. The minimum atomic E-state index is -0.634. The van der Waals surface area contributed by atoms with Crippen LogP contribution in [0.5, 0.6) is 0 Å². The lowest BCUT2D eigenvalue weighted by atomic mass is 10.0. The van der Waals surface area contributed by atoms with Crippen molar-refractivity contribution in [2.24, 2.45) is 4.99 Å². The number of benzene rings is 1. The molecule has 2 rings (SSSR count). The Morgan fingerprint density at radius 2 is 2.06 bits per heavy atom. The molecule has 1 aromatic rings. The van der Waals surface area contributed by atoms with Crippen LogP contribution in [0.15, 0.2) is 23.2 Å². The van der Waals surface area contributed by atoms with Gasteiger partial charge < -0.3 is 4.74 Å². The lowest BCUT2D eigenvalue weighted by Gasteiger charge is -2.01. The van der Waals surface area contributed by atoms with Gasteiger partial charge in [0.15, 0.2) is 0 Å². The van der Waals surface area contributed by atoms with Crippen molar-refractivity contribution in [1.82, 2.24) is 0 Å². The van der Waals surface area contributed by atoms with Gasteiger partial charge in [0, 0.05) is 0 Å². The number of carbonyl (C=O) groups is 2. The third-order valence-corrected chi connectivity index (χ3v) is 2.32. The Bertz CT molecular complexity index is 515. The zero-order valence-electron chi connectivity index (χ0n) is 8.23. The number of aliphatic imine (C=N–C) groups is 1. The highest BCUT2D eigenvalue weighted by Crippen LogP contribution is 2.23. The average Bonchev–Trinajstić information content (AvgIpc) is 2.56. The van der Waals surface area contributed by atoms with Gasteiger partial charge in [0.25, 0.3) is 0 Å². The number of isocyanates is 1. The van der Waals surface area contributed by atoms with Gasteiger partial charge in [-0.1, -0.05) is 12.1 Å². The Balaban J connectivity index is 2.37. The Labute approximate surface area is 90.7 Å². The number of esters is 2. The summed E-state index contributed by atoms with van der Waals surface area (Å²) in [6.07, 6.45) is 1.82. The first-order valence-corrected chi connectivity index (χ1v) is 4.66. The largest absolute Gasteiger partial charge is 0.386 e. The highest BCUT2D eigenvalue weighted by atomic mass is 16.6. The lowest BCUT2D eigenvalue weighted by Crippen LogP contribution is -2.01. The molecule has 80 valence electrons. The number of cyclic esters (lactones) is 2. The molecule has 1 aromatic carbocycles. The van der Waals surface area contributed by atoms with Gasteiger partial charge in [0.1, 0.15) is 0 Å². The number of hydrogen-bond acceptors (Lipinski definition) is 5. The predicted octanol–water partition coefficient (Wildman–Crippen LogP) is 0.876. The zero-order chi connectivity index (χ0) is 11.5. The average molecular weight is 217 g/mol. The summed E-state index contributed by atoms with van der Waals surface area (Å²) < 4.78 is 4.49. The maximum absolute atomic E-state index is 11.4. The van der Waals surface area contributed by atoms with E-state index in [-0.39, 0.29) is 17.7 Å². The van der Waals surface area contributed by atoms with Crippen LogP contribution in [-0.2, 0) is 16.0 Å². The van der Waals surface area contributed by atoms with E-state index in [9.17, 15) is 14.4 Å². The van der Waals surface area contributed by atoms with Crippen LogP contribution in [0.4, 0.5) is 0 Å². The molecule has 16 heavy (non-hydrogen) atoms. The second-order valence-corrected chi connectivity index (χ2v) is 3.24. The maximum atomic E-state index is 11.4. The van der Waals surface area contributed by atoms with E-state index in [0.29, 0.717) is 12.0 Å². The van der Waals surface area contributed by atoms with Crippen molar-refractivity contribution in [2.75, 3.05) is 6.54 Å². The number of rotatable bonds is 3. The van der Waals surface area contributed by atoms with E-state index >= 15 is 0 Å². The first-order valence-electron chi connectivity index (χ1n) is 4.66. The molecule has 0 atom stereocenters. The van der Waals surface area contributed by atoms with Gasteiger partial charge in [-0.2, -0.15) is 0 Å². The fraction of sp³-hybridized carbons (Fsp3) is 0.182. The van der Waals surface area contributed by atoms with E-state index in [2.05, 4.69) is 9.73 Å². The molecular weight excluding hydrogens is 210 g/mol. The standard InChI is InChI=1S/C11H7NO4/c13-6-12-5-4-7-2-1-3-8-9(7)11(15)16-10(8)14/h1-3H,4-5H2. The van der Waals surface area contributed by atoms with Crippen LogP contribution in [0.2, 0.25) is 0 Å². The highest BCUT2D eigenvalue weighted by Gasteiger charge is 2.31. The van der Waals surface area contributed by atoms with Gasteiger partial charge in [-0.25, -0.2) is 19.4 Å². The van der Waals surface area contributed by atoms with E-state index in [0.717, 1.165) is 0 Å². The molecule has 5 heteroatoms. The third kappa shape index (κ3) is 1.64. The molecule has 0 spiro atoms. The van der Waals surface area contributed by atoms with Crippen LogP contribution in [-0.4, -0.2) is 24.6 Å². The zero-order valence-corrected chi connectivity index (χ0v) is 8.23. The van der Waals surface area contributed by atoms with E-state index in [1.54, 1.807) is 12.1 Å². The summed E-state index contributed by atoms with van der Waals surface area (Å²) in [7, 11) is 0. The normalized spacial score (nSPS) is 13.0. The van der Waals surface area contributed by atoms with Crippen LogP contribution >= 0.6 is 0 Å². The molecule has 0 bridgehead atoms. The molecule has 0 saturated heterocycles. The minimum Gasteiger partial charge on any atom is -0.386 e. The van der Waals surface area contributed by atoms with Gasteiger partial charge >= 0.3 is 11.9 Å². The Morgan fingerprint density at radius 1 is 1.25 bits per heavy atom. The van der Waals surface area contributed by atoms with Gasteiger partial charge in [-0.05, 0) is 18.1 Å². The van der Waals surface area contributed by atoms with Gasteiger partial charge in [0.05, 0.1) is 17.7 Å². The molecule has 1 heterocycles. The van der Waals surface area contributed by atoms with Crippen molar-refractivity contribution in [2.45, 2.75) is 6.42 Å². The molecule has 0 N–H and O–H groups in total. The minimum absolute atomic E-state index is 0.238. The number of fused-ring (bicyclic) bond motifs is 1. The predicted molar refractivity (Wildman–Crippen MR) is 52.9 cm³/mol. The molecule has 0 aromatic heterocycles. The van der Waals surface area contributed by atoms with E-state index in [4.69, 9.17) is 0 Å². The molecule has 1 aliphatic heterocycles. The summed E-state index contributed by atoms with van der Waals surface area (Å²) in [4.78, 5) is 35.9. The number of nitrogens with zero attached hydrogens (tertiary/aromatic N) is 1. The fourth-order valence-corrected chi connectivity index (χ4v) is 1.63. The molecule has 0 saturated carbocycles. The Morgan fingerprint density at radius 3 is 2.81 bits per heavy atom. The highest BCUT2D eigenvalue weighted by molar-refractivity contribution is 6.15. The SMILES string of the molecule is O=C=NCCc1cccc2c1C(=O)OC2=O. The topological polar surface area (TPSA) is 72.8 Å². The Hall–Kier alpha value is -2.26. The second kappa shape index (κ2) is 4.08. The van der Waals surface area contributed by atoms with Crippen molar-refractivity contribution in [3.8, 4) is 0 Å². The fourth-order valence-electron chi connectivity index (χ4n) is 1.63. The maximum Gasteiger partial charge on any atom is 0.347 e. The number of ether oxygens (including phenoxy) is 1. The van der Waals surface area contributed by atoms with E-state index < -0.39 is 11.9 Å². The summed E-state index contributed by atoms with van der Waals surface area (Å²) >= 11 is 0. The molecular formula is C11H7NO4. The van der Waals surface area contributed by atoms with Crippen molar-refractivity contribution >= 4 is 18.0 Å². The summed E-state index contributed by atoms with van der Waals surface area (Å²) in [6.45, 7) is 0.238. The quantitative estimate of drug-likeness (QED) is 0.326. The van der Waals surface area contributed by atoms with Crippen LogP contribution in [0, 0.1) is 0 Å². The molecule has 0 aliphatic carbocycles. The first kappa shape index (κ1) is 10.3. The molecule has 0 radical (unpaired) electrons. The Kier molecular flexibility index (Phi) is 2.62. The van der Waals surface area contributed by atoms with Gasteiger partial charge in [-0.15, -0.1) is 0 Å². The summed E-state index contributed by atoms with van der Waals surface area (Å²) in [6, 6.07) is 4.91. The number of hydrogen-bond donors (Lipinski definition) is 0. The van der Waals surface area contributed by atoms with Crippen LogP contribution in [0.25, 0.3) is 0 Å². The van der Waals surface area contributed by atoms with Crippen molar-refractivity contribution in [1.29, 1.82) is 0 Å². The van der Waals surface area contributed by atoms with E-state index in [1.807, 2.05) is 0 Å². The summed E-state index contributed by atoms with van der Waals surface area (Å²) in [5.74, 6) is -1.26. The molecule has 0 unspecified atom stereocenters. The third-order valence-electron chi connectivity index (χ3n) is 2.32. The molecule has 5 nitrogen and oxygen atoms in total. The van der Waals surface area contributed by atoms with E-state index in [1.165, 1.54) is 12.1 Å². The monoisotopic (exact) mass is 217 g/mol.